The number of hydrogen-bond acceptors (Lipinski definition) is 1. The molecule has 1 nitrogen and oxygen atoms in total. The van der Waals surface area contributed by atoms with Gasteiger partial charge in [0.2, 0.25) is 0 Å². The molecule has 0 rings (SSSR count). The van der Waals surface area contributed by atoms with Crippen LogP contribution in [0.2, 0.25) is 18.1 Å². The maximum Gasteiger partial charge on any atom is 0.142 e. The Balaban J connectivity index is 4.62. The summed E-state index contributed by atoms with van der Waals surface area (Å²) in [5.74, 6) is 0. The van der Waals surface area contributed by atoms with Crippen molar-refractivity contribution < 1.29 is 4.79 Å². The number of aldehydes is 1. The highest BCUT2D eigenvalue weighted by Gasteiger charge is 2.27. The second-order valence-corrected chi connectivity index (χ2v) is 9.73. The van der Waals surface area contributed by atoms with Gasteiger partial charge in [-0.1, -0.05) is 83.1 Å². The van der Waals surface area contributed by atoms with Crippen LogP contribution in [0.5, 0.6) is 0 Å². The molecule has 0 spiro atoms. The lowest BCUT2D eigenvalue weighted by atomic mass is 10.4. The van der Waals surface area contributed by atoms with Crippen molar-refractivity contribution in [1.29, 1.82) is 0 Å². The zero-order valence-electron chi connectivity index (χ0n) is 12.0. The summed E-state index contributed by atoms with van der Waals surface area (Å²) in [4.78, 5) is 10.6. The predicted molar refractivity (Wildman–Crippen MR) is 80.1 cm³/mol. The lowest BCUT2D eigenvalue weighted by Gasteiger charge is -2.28. The van der Waals surface area contributed by atoms with E-state index in [1.807, 2.05) is 0 Å². The van der Waals surface area contributed by atoms with Gasteiger partial charge in [0.05, 0.1) is 8.07 Å². The van der Waals surface area contributed by atoms with Crippen molar-refractivity contribution >= 4 is 14.4 Å². The highest BCUT2D eigenvalue weighted by molar-refractivity contribution is 6.84. The summed E-state index contributed by atoms with van der Waals surface area (Å²) < 4.78 is 0. The monoisotopic (exact) mass is 254 g/mol. The zero-order valence-corrected chi connectivity index (χ0v) is 13.0. The maximum absolute atomic E-state index is 10.6. The van der Waals surface area contributed by atoms with Gasteiger partial charge in [-0.2, -0.15) is 0 Å². The fraction of sp³-hybridized carbons (Fsp3) is 0.800. The first kappa shape index (κ1) is 16.6. The summed E-state index contributed by atoms with van der Waals surface area (Å²) in [6, 6.07) is 4.15. The van der Waals surface area contributed by atoms with Gasteiger partial charge >= 0.3 is 0 Å². The SMILES string of the molecule is CCCC[Si](/C=C\C=O)(CCCC)CCCC. The molecule has 17 heavy (non-hydrogen) atoms. The minimum absolute atomic E-state index is 0.964. The van der Waals surface area contributed by atoms with Gasteiger partial charge in [0.1, 0.15) is 6.29 Å². The molecule has 0 unspecified atom stereocenters. The average molecular weight is 254 g/mol. The predicted octanol–water partition coefficient (Wildman–Crippen LogP) is 5.13. The molecule has 100 valence electrons. The maximum atomic E-state index is 10.6. The molecule has 0 aromatic carbocycles. The third-order valence-corrected chi connectivity index (χ3v) is 8.56. The van der Waals surface area contributed by atoms with Crippen molar-refractivity contribution in [2.24, 2.45) is 0 Å². The molecule has 0 heterocycles. The van der Waals surface area contributed by atoms with Gasteiger partial charge in [-0.3, -0.25) is 4.79 Å². The van der Waals surface area contributed by atoms with Crippen molar-refractivity contribution in [2.45, 2.75) is 77.4 Å². The van der Waals surface area contributed by atoms with Crippen LogP contribution in [-0.2, 0) is 4.79 Å². The van der Waals surface area contributed by atoms with Crippen LogP contribution in [-0.4, -0.2) is 14.4 Å². The Bertz CT molecular complexity index is 189. The van der Waals surface area contributed by atoms with Crippen LogP contribution in [0.1, 0.15) is 59.3 Å². The number of allylic oxidation sites excluding steroid dienone is 1. The molecule has 0 bridgehead atoms. The first-order valence-corrected chi connectivity index (χ1v) is 10.1. The fourth-order valence-electron chi connectivity index (χ4n) is 2.45. The molecule has 2 heteroatoms. The van der Waals surface area contributed by atoms with E-state index in [0.29, 0.717) is 0 Å². The van der Waals surface area contributed by atoms with E-state index in [0.717, 1.165) is 6.29 Å². The summed E-state index contributed by atoms with van der Waals surface area (Å²) in [5, 5.41) is 0. The van der Waals surface area contributed by atoms with Crippen LogP contribution in [0.4, 0.5) is 0 Å². The van der Waals surface area contributed by atoms with E-state index < -0.39 is 8.07 Å². The van der Waals surface area contributed by atoms with Gasteiger partial charge in [-0.15, -0.1) is 0 Å². The van der Waals surface area contributed by atoms with Gasteiger partial charge in [0.25, 0.3) is 0 Å². The second kappa shape index (κ2) is 10.8. The number of unbranched alkanes of at least 4 members (excludes halogenated alkanes) is 3. The Labute approximate surface area is 109 Å². The van der Waals surface area contributed by atoms with Gasteiger partial charge in [-0.25, -0.2) is 0 Å². The summed E-state index contributed by atoms with van der Waals surface area (Å²) in [6.07, 6.45) is 10.6. The van der Waals surface area contributed by atoms with Crippen LogP contribution in [0.25, 0.3) is 0 Å². The van der Waals surface area contributed by atoms with Gasteiger partial charge in [0.15, 0.2) is 0 Å². The van der Waals surface area contributed by atoms with Crippen LogP contribution >= 0.6 is 0 Å². The molecule has 0 aliphatic carbocycles. The Kier molecular flexibility index (Phi) is 10.5. The molecule has 0 aromatic rings. The average Bonchev–Trinajstić information content (AvgIpc) is 2.37. The molecule has 0 N–H and O–H groups in total. The molecule has 0 radical (unpaired) electrons. The van der Waals surface area contributed by atoms with E-state index in [9.17, 15) is 4.79 Å². The van der Waals surface area contributed by atoms with Crippen molar-refractivity contribution in [3.05, 3.63) is 11.8 Å². The van der Waals surface area contributed by atoms with Crippen molar-refractivity contribution in [3.63, 3.8) is 0 Å². The Morgan fingerprint density at radius 2 is 1.24 bits per heavy atom. The standard InChI is InChI=1S/C15H30OSi/c1-4-7-12-17(13-8-5-2,14-9-6-3)15-10-11-16/h10-11,15H,4-9,12-14H2,1-3H3/b15-10-. The summed E-state index contributed by atoms with van der Waals surface area (Å²) in [6.45, 7) is 6.80. The van der Waals surface area contributed by atoms with E-state index >= 15 is 0 Å². The highest BCUT2D eigenvalue weighted by atomic mass is 28.3. The molecule has 0 saturated heterocycles. The summed E-state index contributed by atoms with van der Waals surface area (Å²) in [5.41, 5.74) is 2.33. The molecule has 0 aromatic heterocycles. The van der Waals surface area contributed by atoms with Crippen LogP contribution in [0, 0.1) is 0 Å². The normalized spacial score (nSPS) is 12.2. The molecule has 0 aliphatic rings. The fourth-order valence-corrected chi connectivity index (χ4v) is 7.36. The molecule has 0 fully saturated rings. The molecular weight excluding hydrogens is 224 g/mol. The third kappa shape index (κ3) is 7.53. The first-order chi connectivity index (χ1) is 8.24. The molecule has 0 amide bonds. The largest absolute Gasteiger partial charge is 0.299 e. The Hall–Kier alpha value is -0.373. The van der Waals surface area contributed by atoms with Crippen LogP contribution < -0.4 is 0 Å². The molecule has 0 atom stereocenters. The van der Waals surface area contributed by atoms with Gasteiger partial charge < -0.3 is 0 Å². The van der Waals surface area contributed by atoms with Gasteiger partial charge in [-0.05, 0) is 6.08 Å². The quantitative estimate of drug-likeness (QED) is 0.284. The zero-order chi connectivity index (χ0) is 13.0. The topological polar surface area (TPSA) is 17.1 Å². The van der Waals surface area contributed by atoms with Crippen molar-refractivity contribution in [2.75, 3.05) is 0 Å². The molecule has 0 aliphatic heterocycles. The van der Waals surface area contributed by atoms with E-state index in [4.69, 9.17) is 0 Å². The number of rotatable bonds is 11. The Morgan fingerprint density at radius 1 is 0.824 bits per heavy atom. The highest BCUT2D eigenvalue weighted by Crippen LogP contribution is 2.29. The first-order valence-electron chi connectivity index (χ1n) is 7.37. The van der Waals surface area contributed by atoms with E-state index in [1.54, 1.807) is 6.08 Å². The molecule has 0 saturated carbocycles. The van der Waals surface area contributed by atoms with Crippen molar-refractivity contribution in [3.8, 4) is 0 Å². The van der Waals surface area contributed by atoms with Crippen molar-refractivity contribution in [1.82, 2.24) is 0 Å². The Morgan fingerprint density at radius 3 is 1.53 bits per heavy atom. The minimum atomic E-state index is -1.29. The number of carbonyl (C=O) groups is 1. The van der Waals surface area contributed by atoms with Crippen LogP contribution in [0.15, 0.2) is 11.8 Å². The van der Waals surface area contributed by atoms with Gasteiger partial charge in [0, 0.05) is 0 Å². The van der Waals surface area contributed by atoms with E-state index in [2.05, 4.69) is 26.5 Å². The second-order valence-electron chi connectivity index (χ2n) is 5.17. The third-order valence-electron chi connectivity index (χ3n) is 3.61. The number of hydrogen-bond donors (Lipinski definition) is 0. The van der Waals surface area contributed by atoms with E-state index in [1.165, 1.54) is 56.7 Å². The van der Waals surface area contributed by atoms with E-state index in [-0.39, 0.29) is 0 Å². The number of carbonyl (C=O) groups excluding carboxylic acids is 1. The summed E-state index contributed by atoms with van der Waals surface area (Å²) >= 11 is 0. The molecular formula is C15H30OSi. The lowest BCUT2D eigenvalue weighted by Crippen LogP contribution is -2.31. The smallest absolute Gasteiger partial charge is 0.142 e. The summed E-state index contributed by atoms with van der Waals surface area (Å²) in [7, 11) is -1.29. The van der Waals surface area contributed by atoms with Crippen LogP contribution in [0.3, 0.4) is 0 Å². The lowest BCUT2D eigenvalue weighted by molar-refractivity contribution is -0.104. The minimum Gasteiger partial charge on any atom is -0.299 e.